The standard InChI is InChI=1S/C22H27NO2/c1-15-8-12-21(13-9-15)25-17(3)22(24)23-16(2)19-11-10-18-6-4-5-7-20(18)14-19/h8-14,16-17H,4-7H2,1-3H3,(H,23,24)/t16-,17+/m0/s1. The molecule has 1 aliphatic carbocycles. The summed E-state index contributed by atoms with van der Waals surface area (Å²) in [4.78, 5) is 12.5. The van der Waals surface area contributed by atoms with E-state index >= 15 is 0 Å². The maximum Gasteiger partial charge on any atom is 0.261 e. The smallest absolute Gasteiger partial charge is 0.261 e. The van der Waals surface area contributed by atoms with Gasteiger partial charge in [-0.1, -0.05) is 35.9 Å². The van der Waals surface area contributed by atoms with Crippen molar-refractivity contribution >= 4 is 5.91 Å². The first-order valence-corrected chi connectivity index (χ1v) is 9.18. The lowest BCUT2D eigenvalue weighted by molar-refractivity contribution is -0.127. The molecule has 2 aromatic carbocycles. The molecule has 0 saturated carbocycles. The molecule has 0 radical (unpaired) electrons. The predicted octanol–water partition coefficient (Wildman–Crippen LogP) is 4.52. The van der Waals surface area contributed by atoms with E-state index in [-0.39, 0.29) is 11.9 Å². The van der Waals surface area contributed by atoms with Crippen LogP contribution in [0.5, 0.6) is 5.75 Å². The Morgan fingerprint density at radius 2 is 1.68 bits per heavy atom. The van der Waals surface area contributed by atoms with Crippen LogP contribution in [0, 0.1) is 6.92 Å². The van der Waals surface area contributed by atoms with E-state index < -0.39 is 6.10 Å². The zero-order valence-corrected chi connectivity index (χ0v) is 15.3. The van der Waals surface area contributed by atoms with Crippen molar-refractivity contribution in [3.63, 3.8) is 0 Å². The van der Waals surface area contributed by atoms with Gasteiger partial charge in [-0.15, -0.1) is 0 Å². The number of ether oxygens (including phenoxy) is 1. The fourth-order valence-corrected chi connectivity index (χ4v) is 3.31. The number of amides is 1. The van der Waals surface area contributed by atoms with E-state index in [9.17, 15) is 4.79 Å². The number of rotatable bonds is 5. The summed E-state index contributed by atoms with van der Waals surface area (Å²) in [5, 5.41) is 3.07. The Labute approximate surface area is 150 Å². The maximum atomic E-state index is 12.5. The Morgan fingerprint density at radius 1 is 1.00 bits per heavy atom. The van der Waals surface area contributed by atoms with Crippen LogP contribution in [0.15, 0.2) is 42.5 Å². The van der Waals surface area contributed by atoms with Crippen LogP contribution in [0.4, 0.5) is 0 Å². The van der Waals surface area contributed by atoms with E-state index in [1.165, 1.54) is 36.0 Å². The Balaban J connectivity index is 1.60. The molecule has 25 heavy (non-hydrogen) atoms. The first-order chi connectivity index (χ1) is 12.0. The minimum absolute atomic E-state index is 0.0243. The summed E-state index contributed by atoms with van der Waals surface area (Å²) in [7, 11) is 0. The van der Waals surface area contributed by atoms with Crippen LogP contribution < -0.4 is 10.1 Å². The summed E-state index contributed by atoms with van der Waals surface area (Å²) in [6.45, 7) is 5.84. The zero-order chi connectivity index (χ0) is 17.8. The van der Waals surface area contributed by atoms with Gasteiger partial charge in [0.05, 0.1) is 6.04 Å². The van der Waals surface area contributed by atoms with Gasteiger partial charge in [-0.2, -0.15) is 0 Å². The summed E-state index contributed by atoms with van der Waals surface area (Å²) in [6.07, 6.45) is 4.35. The molecule has 0 spiro atoms. The quantitative estimate of drug-likeness (QED) is 0.871. The monoisotopic (exact) mass is 337 g/mol. The fraction of sp³-hybridized carbons (Fsp3) is 0.409. The lowest BCUT2D eigenvalue weighted by Gasteiger charge is -2.21. The highest BCUT2D eigenvalue weighted by Gasteiger charge is 2.19. The molecule has 0 fully saturated rings. The number of benzene rings is 2. The average Bonchev–Trinajstić information content (AvgIpc) is 2.63. The van der Waals surface area contributed by atoms with Crippen LogP contribution >= 0.6 is 0 Å². The van der Waals surface area contributed by atoms with Gasteiger partial charge in [0.1, 0.15) is 5.75 Å². The first kappa shape index (κ1) is 17.5. The fourth-order valence-electron chi connectivity index (χ4n) is 3.31. The van der Waals surface area contributed by atoms with Gasteiger partial charge >= 0.3 is 0 Å². The van der Waals surface area contributed by atoms with Crippen molar-refractivity contribution in [2.45, 2.75) is 58.6 Å². The van der Waals surface area contributed by atoms with Crippen molar-refractivity contribution in [1.29, 1.82) is 0 Å². The Bertz CT molecular complexity index is 736. The van der Waals surface area contributed by atoms with Gasteiger partial charge in [0, 0.05) is 0 Å². The van der Waals surface area contributed by atoms with Gasteiger partial charge in [0.2, 0.25) is 0 Å². The van der Waals surface area contributed by atoms with Gasteiger partial charge in [0.15, 0.2) is 6.10 Å². The third-order valence-electron chi connectivity index (χ3n) is 4.93. The Kier molecular flexibility index (Phi) is 5.42. The third kappa shape index (κ3) is 4.41. The Hall–Kier alpha value is -2.29. The molecule has 2 aromatic rings. The molecule has 0 aromatic heterocycles. The van der Waals surface area contributed by atoms with Gasteiger partial charge in [-0.05, 0) is 75.3 Å². The zero-order valence-electron chi connectivity index (χ0n) is 15.3. The van der Waals surface area contributed by atoms with Crippen molar-refractivity contribution in [2.24, 2.45) is 0 Å². The highest BCUT2D eigenvalue weighted by molar-refractivity contribution is 5.81. The predicted molar refractivity (Wildman–Crippen MR) is 101 cm³/mol. The molecular formula is C22H27NO2. The second-order valence-corrected chi connectivity index (χ2v) is 7.04. The topological polar surface area (TPSA) is 38.3 Å². The van der Waals surface area contributed by atoms with Gasteiger partial charge in [-0.3, -0.25) is 4.79 Å². The van der Waals surface area contributed by atoms with Gasteiger partial charge < -0.3 is 10.1 Å². The van der Waals surface area contributed by atoms with E-state index in [0.29, 0.717) is 0 Å². The summed E-state index contributed by atoms with van der Waals surface area (Å²) in [6, 6.07) is 14.3. The number of hydrogen-bond donors (Lipinski definition) is 1. The normalized spacial score (nSPS) is 15.8. The van der Waals surface area contributed by atoms with Crippen molar-refractivity contribution < 1.29 is 9.53 Å². The second-order valence-electron chi connectivity index (χ2n) is 7.04. The minimum Gasteiger partial charge on any atom is -0.481 e. The molecule has 2 atom stereocenters. The number of aryl methyl sites for hydroxylation is 3. The lowest BCUT2D eigenvalue weighted by atomic mass is 9.89. The molecule has 132 valence electrons. The second kappa shape index (κ2) is 7.73. The average molecular weight is 337 g/mol. The van der Waals surface area contributed by atoms with Gasteiger partial charge in [0.25, 0.3) is 5.91 Å². The highest BCUT2D eigenvalue weighted by Crippen LogP contribution is 2.25. The molecule has 3 rings (SSSR count). The maximum absolute atomic E-state index is 12.5. The number of nitrogens with one attached hydrogen (secondary N) is 1. The van der Waals surface area contributed by atoms with Crippen LogP contribution in [0.3, 0.4) is 0 Å². The van der Waals surface area contributed by atoms with Crippen molar-refractivity contribution in [2.75, 3.05) is 0 Å². The number of carbonyl (C=O) groups is 1. The molecule has 0 heterocycles. The number of carbonyl (C=O) groups excluding carboxylic acids is 1. The van der Waals surface area contributed by atoms with Crippen molar-refractivity contribution in [1.82, 2.24) is 5.32 Å². The first-order valence-electron chi connectivity index (χ1n) is 9.18. The molecule has 0 bridgehead atoms. The number of hydrogen-bond acceptors (Lipinski definition) is 2. The van der Waals surface area contributed by atoms with E-state index in [1.54, 1.807) is 6.92 Å². The molecular weight excluding hydrogens is 310 g/mol. The van der Waals surface area contributed by atoms with Crippen LogP contribution in [0.2, 0.25) is 0 Å². The molecule has 0 unspecified atom stereocenters. The SMILES string of the molecule is Cc1ccc(O[C@H](C)C(=O)N[C@@H](C)c2ccc3c(c2)CCCC3)cc1. The number of fused-ring (bicyclic) bond motifs is 1. The molecule has 1 aliphatic rings. The van der Waals surface area contributed by atoms with Crippen molar-refractivity contribution in [3.8, 4) is 5.75 Å². The van der Waals surface area contributed by atoms with Gasteiger partial charge in [-0.25, -0.2) is 0 Å². The molecule has 1 N–H and O–H groups in total. The van der Waals surface area contributed by atoms with Crippen LogP contribution in [0.25, 0.3) is 0 Å². The van der Waals surface area contributed by atoms with Crippen LogP contribution in [-0.4, -0.2) is 12.0 Å². The molecule has 0 aliphatic heterocycles. The Morgan fingerprint density at radius 3 is 2.40 bits per heavy atom. The van der Waals surface area contributed by atoms with Crippen LogP contribution in [0.1, 0.15) is 55.0 Å². The lowest BCUT2D eigenvalue weighted by Crippen LogP contribution is -2.37. The summed E-state index contributed by atoms with van der Waals surface area (Å²) in [5.74, 6) is 0.625. The van der Waals surface area contributed by atoms with Crippen molar-refractivity contribution in [3.05, 3.63) is 64.7 Å². The van der Waals surface area contributed by atoms with E-state index in [0.717, 1.165) is 17.7 Å². The third-order valence-corrected chi connectivity index (χ3v) is 4.93. The summed E-state index contributed by atoms with van der Waals surface area (Å²) >= 11 is 0. The van der Waals surface area contributed by atoms with Crippen LogP contribution in [-0.2, 0) is 17.6 Å². The molecule has 3 nitrogen and oxygen atoms in total. The molecule has 1 amide bonds. The van der Waals surface area contributed by atoms with E-state index in [2.05, 4.69) is 23.5 Å². The molecule has 0 saturated heterocycles. The highest BCUT2D eigenvalue weighted by atomic mass is 16.5. The minimum atomic E-state index is -0.525. The summed E-state index contributed by atoms with van der Waals surface area (Å²) in [5.41, 5.74) is 5.24. The summed E-state index contributed by atoms with van der Waals surface area (Å²) < 4.78 is 5.75. The van der Waals surface area contributed by atoms with E-state index in [1.807, 2.05) is 38.1 Å². The van der Waals surface area contributed by atoms with E-state index in [4.69, 9.17) is 4.74 Å². The largest absolute Gasteiger partial charge is 0.481 e. The molecule has 3 heteroatoms.